The molecule has 0 saturated carbocycles. The van der Waals surface area contributed by atoms with Crippen molar-refractivity contribution in [2.24, 2.45) is 5.92 Å². The molecule has 16 nitrogen and oxygen atoms in total. The SMILES string of the molecule is C#CC1(Cl)C(CO)[C@@H]([C@@H](C)OP(=O)(O)OP(=O)(O)OP(=O)(O)O)O[C@H]1n1c(C)cc(N)nc1=O. The number of ether oxygens (including phenoxy) is 1. The lowest BCUT2D eigenvalue weighted by atomic mass is 9.87. The minimum atomic E-state index is -5.77. The van der Waals surface area contributed by atoms with Crippen molar-refractivity contribution in [2.75, 3.05) is 12.3 Å². The van der Waals surface area contributed by atoms with E-state index in [9.17, 15) is 33.4 Å². The summed E-state index contributed by atoms with van der Waals surface area (Å²) in [4.78, 5) is 50.4. The highest BCUT2D eigenvalue weighted by molar-refractivity contribution is 7.66. The monoisotopic (exact) mass is 567 g/mol. The fourth-order valence-electron chi connectivity index (χ4n) is 3.35. The van der Waals surface area contributed by atoms with Gasteiger partial charge in [-0.3, -0.25) is 9.09 Å². The molecule has 1 aromatic heterocycles. The first-order valence-electron chi connectivity index (χ1n) is 8.96. The number of aryl methyl sites for hydroxylation is 1. The summed E-state index contributed by atoms with van der Waals surface area (Å²) in [5.41, 5.74) is 4.86. The Labute approximate surface area is 197 Å². The molecule has 1 aliphatic rings. The van der Waals surface area contributed by atoms with E-state index < -0.39 is 65.0 Å². The van der Waals surface area contributed by atoms with Crippen molar-refractivity contribution in [2.45, 2.75) is 37.2 Å². The molecule has 1 aliphatic heterocycles. The van der Waals surface area contributed by atoms with Gasteiger partial charge in [-0.1, -0.05) is 17.5 Å². The van der Waals surface area contributed by atoms with E-state index in [1.54, 1.807) is 0 Å². The zero-order chi connectivity index (χ0) is 26.3. The second-order valence-electron chi connectivity index (χ2n) is 7.03. The van der Waals surface area contributed by atoms with Gasteiger partial charge in [0.2, 0.25) is 0 Å². The molecule has 0 bridgehead atoms. The summed E-state index contributed by atoms with van der Waals surface area (Å²) < 4.78 is 53.2. The van der Waals surface area contributed by atoms with Gasteiger partial charge in [-0.25, -0.2) is 18.5 Å². The Bertz CT molecular complexity index is 1180. The molecule has 1 fully saturated rings. The van der Waals surface area contributed by atoms with E-state index in [2.05, 4.69) is 19.5 Å². The molecule has 4 unspecified atom stereocenters. The predicted molar refractivity (Wildman–Crippen MR) is 114 cm³/mol. The van der Waals surface area contributed by atoms with Crippen molar-refractivity contribution in [1.82, 2.24) is 9.55 Å². The summed E-state index contributed by atoms with van der Waals surface area (Å²) in [7, 11) is -16.9. The Morgan fingerprint density at radius 2 is 1.91 bits per heavy atom. The van der Waals surface area contributed by atoms with E-state index in [1.165, 1.54) is 13.0 Å². The molecule has 0 aromatic carbocycles. The molecule has 1 saturated heterocycles. The topological polar surface area (TPSA) is 250 Å². The molecule has 2 rings (SSSR count). The van der Waals surface area contributed by atoms with Crippen molar-refractivity contribution in [3.05, 3.63) is 22.2 Å². The lowest BCUT2D eigenvalue weighted by Crippen LogP contribution is -2.43. The first-order valence-corrected chi connectivity index (χ1v) is 13.9. The number of nitrogens with two attached hydrogens (primary N) is 1. The maximum absolute atomic E-state index is 12.5. The molecule has 0 spiro atoms. The number of hydrogen-bond donors (Lipinski definition) is 6. The third-order valence-electron chi connectivity index (χ3n) is 4.58. The Morgan fingerprint density at radius 3 is 2.38 bits per heavy atom. The number of alkyl halides is 1. The Kier molecular flexibility index (Phi) is 8.63. The van der Waals surface area contributed by atoms with Crippen LogP contribution in [0.15, 0.2) is 10.9 Å². The number of anilines is 1. The molecule has 20 heteroatoms. The zero-order valence-electron chi connectivity index (χ0n) is 17.4. The minimum absolute atomic E-state index is 0.103. The van der Waals surface area contributed by atoms with E-state index >= 15 is 0 Å². The minimum Gasteiger partial charge on any atom is -0.396 e. The van der Waals surface area contributed by atoms with Crippen molar-refractivity contribution in [3.8, 4) is 12.3 Å². The Balaban J connectivity index is 2.37. The van der Waals surface area contributed by atoms with Crippen LogP contribution in [0.3, 0.4) is 0 Å². The first kappa shape index (κ1) is 29.1. The van der Waals surface area contributed by atoms with Crippen LogP contribution in [0.4, 0.5) is 5.82 Å². The average Bonchev–Trinajstić information content (AvgIpc) is 2.90. The predicted octanol–water partition coefficient (Wildman–Crippen LogP) is -0.0176. The largest absolute Gasteiger partial charge is 0.490 e. The van der Waals surface area contributed by atoms with Gasteiger partial charge in [0.05, 0.1) is 18.8 Å². The molecule has 0 aliphatic carbocycles. The summed E-state index contributed by atoms with van der Waals surface area (Å²) in [6, 6.07) is 1.31. The number of phosphoric ester groups is 1. The van der Waals surface area contributed by atoms with Gasteiger partial charge >= 0.3 is 29.2 Å². The highest BCUT2D eigenvalue weighted by Crippen LogP contribution is 2.67. The van der Waals surface area contributed by atoms with Crippen LogP contribution >= 0.6 is 35.1 Å². The van der Waals surface area contributed by atoms with Gasteiger partial charge in [-0.15, -0.1) is 6.42 Å². The summed E-state index contributed by atoms with van der Waals surface area (Å²) >= 11 is 6.55. The summed E-state index contributed by atoms with van der Waals surface area (Å²) in [6.07, 6.45) is 1.09. The number of aliphatic hydroxyl groups is 1. The molecule has 7 atom stereocenters. The number of nitrogens with zero attached hydrogens (tertiary/aromatic N) is 2. The lowest BCUT2D eigenvalue weighted by Gasteiger charge is -2.29. The van der Waals surface area contributed by atoms with Crippen LogP contribution in [0.1, 0.15) is 18.8 Å². The van der Waals surface area contributed by atoms with Crippen LogP contribution in [0.2, 0.25) is 0 Å². The maximum atomic E-state index is 12.5. The number of phosphoric acid groups is 3. The third kappa shape index (κ3) is 6.54. The quantitative estimate of drug-likeness (QED) is 0.130. The van der Waals surface area contributed by atoms with E-state index in [-0.39, 0.29) is 11.5 Å². The van der Waals surface area contributed by atoms with Gasteiger partial charge < -0.3 is 35.2 Å². The molecular weight excluding hydrogens is 547 g/mol. The summed E-state index contributed by atoms with van der Waals surface area (Å²) in [6.45, 7) is 1.81. The standard InChI is InChI=1S/C14H21ClN3O13P3/c1-4-14(15)9(6-19)11(28-12(14)18-7(2)5-10(16)17-13(18)20)8(3)29-33(24,25)31-34(26,27)30-32(21,22)23/h1,5,8-9,11-12,19H,6H2,2-3H3,(H,24,25)(H,26,27)(H2,16,17,20)(H2,21,22,23)/t8-,9?,11-,12-,14?/m1/s1. The van der Waals surface area contributed by atoms with Crippen molar-refractivity contribution < 1.29 is 56.3 Å². The number of rotatable bonds is 9. The van der Waals surface area contributed by atoms with Crippen LogP contribution in [-0.2, 0) is 31.6 Å². The van der Waals surface area contributed by atoms with Crippen molar-refractivity contribution >= 4 is 40.9 Å². The number of hydrogen-bond acceptors (Lipinski definition) is 11. The number of aliphatic hydroxyl groups excluding tert-OH is 1. The highest BCUT2D eigenvalue weighted by Gasteiger charge is 2.58. The summed E-state index contributed by atoms with van der Waals surface area (Å²) in [5.74, 6) is 0.880. The molecule has 192 valence electrons. The number of nitrogen functional groups attached to an aromatic ring is 1. The van der Waals surface area contributed by atoms with Gasteiger partial charge in [0, 0.05) is 11.6 Å². The van der Waals surface area contributed by atoms with Crippen LogP contribution in [0, 0.1) is 25.2 Å². The summed E-state index contributed by atoms with van der Waals surface area (Å²) in [5, 5.41) is 9.92. The fraction of sp³-hybridized carbons (Fsp3) is 0.571. The Morgan fingerprint density at radius 1 is 1.32 bits per heavy atom. The van der Waals surface area contributed by atoms with Crippen LogP contribution in [-0.4, -0.2) is 57.9 Å². The molecular formula is C14H21ClN3O13P3. The molecule has 34 heavy (non-hydrogen) atoms. The molecule has 2 heterocycles. The van der Waals surface area contributed by atoms with E-state index in [0.717, 1.165) is 11.5 Å². The van der Waals surface area contributed by atoms with E-state index in [1.807, 2.05) is 0 Å². The van der Waals surface area contributed by atoms with Gasteiger partial charge in [0.15, 0.2) is 11.1 Å². The maximum Gasteiger partial charge on any atom is 0.490 e. The third-order valence-corrected chi connectivity index (χ3v) is 9.08. The van der Waals surface area contributed by atoms with Crippen LogP contribution in [0.5, 0.6) is 0 Å². The molecule has 0 amide bonds. The van der Waals surface area contributed by atoms with Crippen molar-refractivity contribution in [1.29, 1.82) is 0 Å². The fourth-order valence-corrected chi connectivity index (χ4v) is 6.89. The molecule has 0 radical (unpaired) electrons. The van der Waals surface area contributed by atoms with E-state index in [0.29, 0.717) is 0 Å². The van der Waals surface area contributed by atoms with Crippen LogP contribution < -0.4 is 11.4 Å². The van der Waals surface area contributed by atoms with Gasteiger partial charge in [0.25, 0.3) is 0 Å². The molecule has 7 N–H and O–H groups in total. The Hall–Kier alpha value is -1.14. The zero-order valence-corrected chi connectivity index (χ0v) is 20.8. The first-order chi connectivity index (χ1) is 15.4. The second-order valence-corrected chi connectivity index (χ2v) is 12.0. The average molecular weight is 568 g/mol. The smallest absolute Gasteiger partial charge is 0.396 e. The second kappa shape index (κ2) is 10.1. The number of aromatic nitrogens is 2. The lowest BCUT2D eigenvalue weighted by molar-refractivity contribution is -0.0671. The van der Waals surface area contributed by atoms with E-state index in [4.69, 9.17) is 42.8 Å². The number of terminal acetylenes is 1. The molecule has 1 aromatic rings. The highest BCUT2D eigenvalue weighted by atomic mass is 35.5. The van der Waals surface area contributed by atoms with Gasteiger partial charge in [0.1, 0.15) is 5.82 Å². The van der Waals surface area contributed by atoms with Gasteiger partial charge in [-0.2, -0.15) is 13.6 Å². The normalized spacial score (nSPS) is 29.7. The van der Waals surface area contributed by atoms with Crippen LogP contribution in [0.25, 0.3) is 0 Å². The number of halogens is 1. The van der Waals surface area contributed by atoms with Gasteiger partial charge in [-0.05, 0) is 19.9 Å². The van der Waals surface area contributed by atoms with Crippen molar-refractivity contribution in [3.63, 3.8) is 0 Å².